The second-order valence-electron chi connectivity index (χ2n) is 18.3. The van der Waals surface area contributed by atoms with Crippen LogP contribution in [0.2, 0.25) is 0 Å². The maximum Gasteiger partial charge on any atom is 0.274 e. The Morgan fingerprint density at radius 3 is 2.04 bits per heavy atom. The lowest BCUT2D eigenvalue weighted by Gasteiger charge is -2.64. The number of ketones is 1. The summed E-state index contributed by atoms with van der Waals surface area (Å²) < 4.78 is 46.9. The summed E-state index contributed by atoms with van der Waals surface area (Å²) in [6, 6.07) is 0. The number of ether oxygens (including phenoxy) is 8. The minimum atomic E-state index is -1.47. The second kappa shape index (κ2) is 14.9. The smallest absolute Gasteiger partial charge is 0.274 e. The van der Waals surface area contributed by atoms with Crippen LogP contribution in [0.3, 0.4) is 0 Å². The molecule has 14 nitrogen and oxygen atoms in total. The third kappa shape index (κ3) is 6.86. The highest BCUT2D eigenvalue weighted by atomic mass is 16.9. The van der Waals surface area contributed by atoms with Gasteiger partial charge in [-0.25, -0.2) is 0 Å². The average molecular weight is 767 g/mol. The lowest BCUT2D eigenvalue weighted by atomic mass is 9.43. The molecule has 0 aromatic carbocycles. The van der Waals surface area contributed by atoms with E-state index >= 15 is 0 Å². The number of rotatable bonds is 7. The van der Waals surface area contributed by atoms with Crippen molar-refractivity contribution in [3.63, 3.8) is 0 Å². The molecule has 0 spiro atoms. The predicted molar refractivity (Wildman–Crippen MR) is 187 cm³/mol. The van der Waals surface area contributed by atoms with E-state index < -0.39 is 80.2 Å². The number of hydrogen-bond acceptors (Lipinski definition) is 14. The number of aliphatic hydroxyl groups excluding tert-OH is 4. The van der Waals surface area contributed by atoms with Gasteiger partial charge in [0, 0.05) is 18.3 Å². The Morgan fingerprint density at radius 2 is 1.39 bits per heavy atom. The van der Waals surface area contributed by atoms with Crippen molar-refractivity contribution in [1.29, 1.82) is 0 Å². The molecule has 0 amide bonds. The zero-order valence-corrected chi connectivity index (χ0v) is 32.3. The van der Waals surface area contributed by atoms with Crippen LogP contribution >= 0.6 is 0 Å². The number of allylic oxidation sites excluding steroid dienone is 2. The molecule has 0 unspecified atom stereocenters. The van der Waals surface area contributed by atoms with Crippen LogP contribution in [0.1, 0.15) is 112 Å². The molecule has 0 aromatic rings. The van der Waals surface area contributed by atoms with Gasteiger partial charge in [0.2, 0.25) is 0 Å². The molecule has 4 saturated carbocycles. The van der Waals surface area contributed by atoms with Crippen LogP contribution in [0.25, 0.3) is 0 Å². The van der Waals surface area contributed by atoms with E-state index in [1.807, 2.05) is 6.08 Å². The van der Waals surface area contributed by atoms with Crippen LogP contribution in [0.5, 0.6) is 0 Å². The van der Waals surface area contributed by atoms with Crippen molar-refractivity contribution in [2.24, 2.45) is 34.5 Å². The van der Waals surface area contributed by atoms with Gasteiger partial charge in [0.15, 0.2) is 24.7 Å². The molecule has 20 atom stereocenters. The van der Waals surface area contributed by atoms with Crippen molar-refractivity contribution in [3.05, 3.63) is 11.6 Å². The van der Waals surface area contributed by atoms with Gasteiger partial charge >= 0.3 is 0 Å². The first-order chi connectivity index (χ1) is 25.6. The van der Waals surface area contributed by atoms with Gasteiger partial charge in [-0.2, -0.15) is 0 Å². The van der Waals surface area contributed by atoms with Gasteiger partial charge in [0.1, 0.15) is 18.3 Å². The lowest BCUT2D eigenvalue weighted by molar-refractivity contribution is -0.467. The quantitative estimate of drug-likeness (QED) is 0.254. The first-order valence-corrected chi connectivity index (χ1v) is 20.5. The number of carbonyl (C=O) groups excluding carboxylic acids is 1. The number of carbonyl (C=O) groups is 1. The van der Waals surface area contributed by atoms with Crippen LogP contribution in [-0.4, -0.2) is 118 Å². The van der Waals surface area contributed by atoms with Crippen molar-refractivity contribution >= 4 is 5.78 Å². The molecule has 14 heteroatoms. The fourth-order valence-electron chi connectivity index (χ4n) is 12.3. The van der Waals surface area contributed by atoms with Crippen molar-refractivity contribution in [2.45, 2.75) is 198 Å². The molecule has 0 bridgehead atoms. The van der Waals surface area contributed by atoms with Crippen molar-refractivity contribution in [1.82, 2.24) is 0 Å². The van der Waals surface area contributed by atoms with E-state index in [4.69, 9.17) is 37.9 Å². The molecule has 306 valence electrons. The van der Waals surface area contributed by atoms with Crippen LogP contribution in [0.4, 0.5) is 0 Å². The molecule has 5 aliphatic carbocycles. The minimum absolute atomic E-state index is 0.0153. The van der Waals surface area contributed by atoms with Crippen LogP contribution in [0.15, 0.2) is 11.6 Å². The van der Waals surface area contributed by atoms with Gasteiger partial charge in [-0.3, -0.25) is 14.3 Å². The zero-order valence-electron chi connectivity index (χ0n) is 32.3. The molecule has 3 saturated heterocycles. The van der Waals surface area contributed by atoms with Gasteiger partial charge in [0.25, 0.3) is 13.0 Å². The van der Waals surface area contributed by atoms with Crippen LogP contribution in [-0.2, 0) is 42.7 Å². The molecule has 54 heavy (non-hydrogen) atoms. The number of fused-ring (bicyclic) bond motifs is 5. The van der Waals surface area contributed by atoms with Gasteiger partial charge in [-0.15, -0.1) is 0 Å². The predicted octanol–water partition coefficient (Wildman–Crippen LogP) is 3.14. The molecule has 3 heterocycles. The average Bonchev–Trinajstić information content (AvgIpc) is 3.66. The highest BCUT2D eigenvalue weighted by Crippen LogP contribution is 2.70. The maximum atomic E-state index is 12.6. The van der Waals surface area contributed by atoms with E-state index in [0.717, 1.165) is 64.2 Å². The third-order valence-electron chi connectivity index (χ3n) is 15.5. The van der Waals surface area contributed by atoms with E-state index in [9.17, 15) is 30.3 Å². The Hall–Kier alpha value is -1.11. The van der Waals surface area contributed by atoms with E-state index in [2.05, 4.69) is 13.8 Å². The Morgan fingerprint density at radius 1 is 0.704 bits per heavy atom. The number of hydrogen-bond donors (Lipinski definition) is 5. The maximum absolute atomic E-state index is 12.6. The molecular formula is C40H62O14. The van der Waals surface area contributed by atoms with Crippen molar-refractivity contribution in [2.75, 3.05) is 0 Å². The Balaban J connectivity index is 0.826. The third-order valence-corrected chi connectivity index (χ3v) is 15.5. The highest BCUT2D eigenvalue weighted by molar-refractivity contribution is 5.93. The topological polar surface area (TPSA) is 192 Å². The fraction of sp³-hybridized carbons (Fsp3) is 0.925. The molecule has 8 rings (SSSR count). The molecular weight excluding hydrogens is 704 g/mol. The van der Waals surface area contributed by atoms with E-state index in [1.54, 1.807) is 20.8 Å². The normalized spacial score (nSPS) is 55.1. The summed E-state index contributed by atoms with van der Waals surface area (Å²) in [4.78, 5) is 12.1. The van der Waals surface area contributed by atoms with E-state index in [-0.39, 0.29) is 35.1 Å². The van der Waals surface area contributed by atoms with Gasteiger partial charge in [-0.1, -0.05) is 19.4 Å². The SMILES string of the molecule is C[C@H]1O[C@@H](O[C@@H]2[C@@H](C)O[C@@H](O[C@@H]3[C@@H](C)O[C@@H](O[C@H]4CC[C@@]5(C)[C@H](CC[C@@H]6[C@@H]5CC[C@]5(C)[C@@H](C7=CC(=O)CC7)CC[C@]65O)C4)O[C@@H]3O)O[C@@H]2O)C[C@H](O)[C@@H]1O. The van der Waals surface area contributed by atoms with E-state index in [0.29, 0.717) is 24.2 Å². The van der Waals surface area contributed by atoms with Crippen molar-refractivity contribution < 1.29 is 68.2 Å². The second-order valence-corrected chi connectivity index (χ2v) is 18.3. The largest absolute Gasteiger partial charge is 0.390 e. The monoisotopic (exact) mass is 766 g/mol. The molecule has 8 aliphatic rings. The summed E-state index contributed by atoms with van der Waals surface area (Å²) in [7, 11) is 0. The Kier molecular flexibility index (Phi) is 11.0. The summed E-state index contributed by atoms with van der Waals surface area (Å²) in [5, 5.41) is 54.4. The van der Waals surface area contributed by atoms with Gasteiger partial charge in [0.05, 0.1) is 36.1 Å². The first-order valence-electron chi connectivity index (χ1n) is 20.5. The van der Waals surface area contributed by atoms with Crippen LogP contribution in [0, 0.1) is 34.5 Å². The highest BCUT2D eigenvalue weighted by Gasteiger charge is 2.67. The Bertz CT molecular complexity index is 1380. The summed E-state index contributed by atoms with van der Waals surface area (Å²) in [5.41, 5.74) is 0.472. The summed E-state index contributed by atoms with van der Waals surface area (Å²) in [5.74, 6) is 1.67. The minimum Gasteiger partial charge on any atom is -0.390 e. The van der Waals surface area contributed by atoms with Gasteiger partial charge in [-0.05, 0) is 120 Å². The molecule has 7 fully saturated rings. The van der Waals surface area contributed by atoms with Crippen molar-refractivity contribution in [3.8, 4) is 0 Å². The zero-order chi connectivity index (χ0) is 38.3. The number of aliphatic hydroxyl groups is 5. The van der Waals surface area contributed by atoms with Crippen LogP contribution < -0.4 is 0 Å². The molecule has 0 radical (unpaired) electrons. The summed E-state index contributed by atoms with van der Waals surface area (Å²) >= 11 is 0. The summed E-state index contributed by atoms with van der Waals surface area (Å²) in [6.07, 6.45) is 1.90. The molecule has 0 aromatic heterocycles. The molecule has 5 N–H and O–H groups in total. The summed E-state index contributed by atoms with van der Waals surface area (Å²) in [6.45, 7) is 7.31. The first kappa shape index (κ1) is 39.7. The Labute approximate surface area is 317 Å². The van der Waals surface area contributed by atoms with Gasteiger partial charge < -0.3 is 54.0 Å². The molecule has 3 aliphatic heterocycles. The standard InChI is InChI=1S/C40H62O14/c1-19-31(43)29(42)18-30(47-19)51-32-20(2)49-37(54-34(32)44)52-33-21(3)48-36(53-35(33)45)50-25-10-13-38(4)23(17-25)7-9-28-27(38)11-14-39(5)26(12-15-40(28,39)46)22-6-8-24(41)16-22/h16,19-21,23,25-37,42-46H,6-15,17-18H2,1-5H3/t19-,20-,21-,23-,25+,26-,27+,28-,29+,30+,31-,32-,33-,34+,35+,36+,37+,38+,39-,40+/m1/s1. The fourth-order valence-corrected chi connectivity index (χ4v) is 12.3. The lowest BCUT2D eigenvalue weighted by Crippen LogP contribution is -2.62. The van der Waals surface area contributed by atoms with E-state index in [1.165, 1.54) is 5.57 Å².